The second-order valence-corrected chi connectivity index (χ2v) is 3.62. The number of nitrogens with zero attached hydrogens (tertiary/aromatic N) is 2. The summed E-state index contributed by atoms with van der Waals surface area (Å²) < 4.78 is 4.84. The third kappa shape index (κ3) is 4.26. The standard InChI is InChI=1S/C12H14N2O3/c13-6-9-17-8-2-1-7-14-11(10-15)4-3-5-12(14)16/h10-11H,3-5,7-9H2. The molecule has 90 valence electrons. The lowest BCUT2D eigenvalue weighted by Gasteiger charge is -2.30. The molecule has 1 fully saturated rings. The van der Waals surface area contributed by atoms with Crippen molar-refractivity contribution in [3.05, 3.63) is 0 Å². The minimum absolute atomic E-state index is 0.00822. The molecule has 1 heterocycles. The summed E-state index contributed by atoms with van der Waals surface area (Å²) in [6.07, 6.45) is 2.75. The summed E-state index contributed by atoms with van der Waals surface area (Å²) in [6.45, 7) is 0.424. The Morgan fingerprint density at radius 2 is 2.29 bits per heavy atom. The van der Waals surface area contributed by atoms with Gasteiger partial charge in [0.25, 0.3) is 0 Å². The van der Waals surface area contributed by atoms with Crippen molar-refractivity contribution in [1.82, 2.24) is 4.90 Å². The summed E-state index contributed by atoms with van der Waals surface area (Å²) in [5.74, 6) is 5.44. The van der Waals surface area contributed by atoms with Gasteiger partial charge in [-0.05, 0) is 12.8 Å². The first-order valence-corrected chi connectivity index (χ1v) is 5.44. The highest BCUT2D eigenvalue weighted by molar-refractivity contribution is 5.81. The van der Waals surface area contributed by atoms with Gasteiger partial charge < -0.3 is 14.4 Å². The Labute approximate surface area is 100 Å². The number of amides is 1. The predicted octanol–water partition coefficient (Wildman–Crippen LogP) is 0.110. The van der Waals surface area contributed by atoms with Crippen molar-refractivity contribution in [2.45, 2.75) is 25.3 Å². The molecule has 0 N–H and O–H groups in total. The summed E-state index contributed by atoms with van der Waals surface area (Å²) in [4.78, 5) is 23.8. The van der Waals surface area contributed by atoms with Crippen molar-refractivity contribution >= 4 is 12.2 Å². The van der Waals surface area contributed by atoms with Crippen LogP contribution >= 0.6 is 0 Å². The van der Waals surface area contributed by atoms with E-state index in [1.165, 1.54) is 4.90 Å². The molecular formula is C12H14N2O3. The van der Waals surface area contributed by atoms with Gasteiger partial charge in [-0.15, -0.1) is 0 Å². The van der Waals surface area contributed by atoms with Gasteiger partial charge in [0, 0.05) is 6.42 Å². The van der Waals surface area contributed by atoms with Crippen LogP contribution in [0.1, 0.15) is 19.3 Å². The molecule has 1 aliphatic rings. The van der Waals surface area contributed by atoms with Crippen LogP contribution in [-0.4, -0.2) is 42.9 Å². The Morgan fingerprint density at radius 3 is 3.00 bits per heavy atom. The smallest absolute Gasteiger partial charge is 0.223 e. The molecule has 1 rings (SSSR count). The molecule has 1 amide bonds. The predicted molar refractivity (Wildman–Crippen MR) is 59.6 cm³/mol. The Morgan fingerprint density at radius 1 is 1.47 bits per heavy atom. The van der Waals surface area contributed by atoms with E-state index < -0.39 is 0 Å². The molecule has 17 heavy (non-hydrogen) atoms. The monoisotopic (exact) mass is 234 g/mol. The van der Waals surface area contributed by atoms with Crippen molar-refractivity contribution in [2.24, 2.45) is 0 Å². The number of aldehydes is 1. The molecule has 0 bridgehead atoms. The van der Waals surface area contributed by atoms with Crippen LogP contribution in [0.15, 0.2) is 0 Å². The van der Waals surface area contributed by atoms with Crippen molar-refractivity contribution < 1.29 is 14.3 Å². The van der Waals surface area contributed by atoms with Crippen LogP contribution in [0.2, 0.25) is 0 Å². The molecule has 5 heteroatoms. The molecule has 5 nitrogen and oxygen atoms in total. The fraction of sp³-hybridized carbons (Fsp3) is 0.583. The van der Waals surface area contributed by atoms with Crippen LogP contribution in [0.5, 0.6) is 0 Å². The third-order valence-corrected chi connectivity index (χ3v) is 2.48. The van der Waals surface area contributed by atoms with E-state index in [2.05, 4.69) is 11.8 Å². The maximum atomic E-state index is 11.6. The fourth-order valence-electron chi connectivity index (χ4n) is 1.63. The molecule has 0 aliphatic carbocycles. The topological polar surface area (TPSA) is 70.4 Å². The highest BCUT2D eigenvalue weighted by Gasteiger charge is 2.26. The van der Waals surface area contributed by atoms with Gasteiger partial charge in [0.1, 0.15) is 19.5 Å². The number of rotatable bonds is 4. The van der Waals surface area contributed by atoms with E-state index in [9.17, 15) is 9.59 Å². The minimum atomic E-state index is -0.342. The summed E-state index contributed by atoms with van der Waals surface area (Å²) in [7, 11) is 0. The molecule has 0 saturated carbocycles. The molecule has 1 atom stereocenters. The number of ether oxygens (including phenoxy) is 1. The molecule has 0 aromatic rings. The second kappa shape index (κ2) is 7.43. The van der Waals surface area contributed by atoms with Crippen molar-refractivity contribution in [3.63, 3.8) is 0 Å². The van der Waals surface area contributed by atoms with E-state index in [0.717, 1.165) is 12.7 Å². The third-order valence-electron chi connectivity index (χ3n) is 2.48. The van der Waals surface area contributed by atoms with Gasteiger partial charge in [-0.25, -0.2) is 0 Å². The Kier molecular flexibility index (Phi) is 5.77. The van der Waals surface area contributed by atoms with E-state index in [1.807, 2.05) is 6.07 Å². The molecule has 1 unspecified atom stereocenters. The average Bonchev–Trinajstić information content (AvgIpc) is 2.35. The van der Waals surface area contributed by atoms with Crippen LogP contribution in [0.3, 0.4) is 0 Å². The highest BCUT2D eigenvalue weighted by atomic mass is 16.5. The Bertz CT molecular complexity index is 375. The lowest BCUT2D eigenvalue weighted by molar-refractivity contribution is -0.138. The van der Waals surface area contributed by atoms with E-state index in [0.29, 0.717) is 12.8 Å². The van der Waals surface area contributed by atoms with Gasteiger partial charge >= 0.3 is 0 Å². The first-order valence-electron chi connectivity index (χ1n) is 5.44. The van der Waals surface area contributed by atoms with Crippen LogP contribution in [0.25, 0.3) is 0 Å². The zero-order chi connectivity index (χ0) is 12.5. The lowest BCUT2D eigenvalue weighted by Crippen LogP contribution is -2.44. The van der Waals surface area contributed by atoms with Crippen molar-refractivity contribution in [1.29, 1.82) is 5.26 Å². The maximum Gasteiger partial charge on any atom is 0.223 e. The molecule has 1 aliphatic heterocycles. The molecular weight excluding hydrogens is 220 g/mol. The van der Waals surface area contributed by atoms with Gasteiger partial charge in [-0.3, -0.25) is 4.79 Å². The highest BCUT2D eigenvalue weighted by Crippen LogP contribution is 2.15. The zero-order valence-electron chi connectivity index (χ0n) is 9.52. The van der Waals surface area contributed by atoms with Crippen LogP contribution in [-0.2, 0) is 14.3 Å². The minimum Gasteiger partial charge on any atom is -0.354 e. The van der Waals surface area contributed by atoms with Gasteiger partial charge in [0.05, 0.1) is 18.7 Å². The lowest BCUT2D eigenvalue weighted by atomic mass is 10.0. The SMILES string of the molecule is N#CCOCC#CCN1C(=O)CCCC1C=O. The number of carbonyl (C=O) groups excluding carboxylic acids is 2. The summed E-state index contributed by atoms with van der Waals surface area (Å²) in [6, 6.07) is 1.49. The van der Waals surface area contributed by atoms with Gasteiger partial charge in [0.2, 0.25) is 5.91 Å². The quantitative estimate of drug-likeness (QED) is 0.393. The Hall–Kier alpha value is -1.85. The molecule has 1 saturated heterocycles. The van der Waals surface area contributed by atoms with E-state index in [-0.39, 0.29) is 31.7 Å². The number of hydrogen-bond donors (Lipinski definition) is 0. The van der Waals surface area contributed by atoms with Crippen molar-refractivity contribution in [3.8, 4) is 17.9 Å². The molecule has 0 aromatic carbocycles. The number of hydrogen-bond acceptors (Lipinski definition) is 4. The van der Waals surface area contributed by atoms with Gasteiger partial charge in [0.15, 0.2) is 0 Å². The second-order valence-electron chi connectivity index (χ2n) is 3.62. The summed E-state index contributed by atoms with van der Waals surface area (Å²) in [5.41, 5.74) is 0. The normalized spacial score (nSPS) is 19.1. The number of likely N-dealkylation sites (tertiary alicyclic amines) is 1. The average molecular weight is 234 g/mol. The van der Waals surface area contributed by atoms with Crippen LogP contribution in [0, 0.1) is 23.2 Å². The zero-order valence-corrected chi connectivity index (χ0v) is 9.52. The first kappa shape index (κ1) is 13.2. The number of carbonyl (C=O) groups is 2. The van der Waals surface area contributed by atoms with Gasteiger partial charge in [-0.1, -0.05) is 11.8 Å². The van der Waals surface area contributed by atoms with Crippen LogP contribution < -0.4 is 0 Å². The van der Waals surface area contributed by atoms with Gasteiger partial charge in [-0.2, -0.15) is 5.26 Å². The summed E-state index contributed by atoms with van der Waals surface area (Å²) >= 11 is 0. The maximum absolute atomic E-state index is 11.6. The number of nitriles is 1. The van der Waals surface area contributed by atoms with E-state index in [4.69, 9.17) is 10.00 Å². The largest absolute Gasteiger partial charge is 0.354 e. The van der Waals surface area contributed by atoms with Crippen molar-refractivity contribution in [2.75, 3.05) is 19.8 Å². The van der Waals surface area contributed by atoms with E-state index in [1.54, 1.807) is 0 Å². The molecule has 0 spiro atoms. The first-order chi connectivity index (χ1) is 8.29. The van der Waals surface area contributed by atoms with E-state index >= 15 is 0 Å². The number of piperidine rings is 1. The Balaban J connectivity index is 2.39. The fourth-order valence-corrected chi connectivity index (χ4v) is 1.63. The summed E-state index contributed by atoms with van der Waals surface area (Å²) in [5, 5.41) is 8.21. The molecule has 0 aromatic heterocycles. The van der Waals surface area contributed by atoms with Crippen LogP contribution in [0.4, 0.5) is 0 Å². The molecule has 0 radical (unpaired) electrons.